The van der Waals surface area contributed by atoms with E-state index >= 15 is 0 Å². The predicted octanol–water partition coefficient (Wildman–Crippen LogP) is 1.42. The smallest absolute Gasteiger partial charge is 0.335 e. The highest BCUT2D eigenvalue weighted by atomic mass is 32.2. The van der Waals surface area contributed by atoms with Gasteiger partial charge in [0.1, 0.15) is 0 Å². The zero-order valence-electron chi connectivity index (χ0n) is 13.3. The van der Waals surface area contributed by atoms with E-state index in [0.717, 1.165) is 6.42 Å². The molecule has 8 heteroatoms. The summed E-state index contributed by atoms with van der Waals surface area (Å²) in [5.74, 6) is -0.827. The number of ether oxygens (including phenoxy) is 1. The topological polar surface area (TPSA) is 87.2 Å². The Balaban J connectivity index is 2.20. The maximum atomic E-state index is 12.8. The first kappa shape index (κ1) is 17.7. The van der Waals surface area contributed by atoms with Crippen LogP contribution in [0.1, 0.15) is 23.7 Å². The van der Waals surface area contributed by atoms with E-state index < -0.39 is 16.2 Å². The minimum Gasteiger partial charge on any atom is -0.478 e. The Morgan fingerprint density at radius 2 is 2.04 bits per heavy atom. The average molecular weight is 342 g/mol. The van der Waals surface area contributed by atoms with Gasteiger partial charge in [0, 0.05) is 26.7 Å². The SMILES string of the molecule is CCN(c1ccc(C(=O)O)cc1)S(=O)(=O)N1CCC(COC)C1. The number of carboxylic acid groups (broad SMARTS) is 1. The fourth-order valence-electron chi connectivity index (χ4n) is 2.77. The molecule has 0 saturated carbocycles. The van der Waals surface area contributed by atoms with Crippen LogP contribution in [0.3, 0.4) is 0 Å². The van der Waals surface area contributed by atoms with Gasteiger partial charge in [0.15, 0.2) is 0 Å². The average Bonchev–Trinajstić information content (AvgIpc) is 2.98. The second-order valence-electron chi connectivity index (χ2n) is 5.49. The van der Waals surface area contributed by atoms with E-state index in [0.29, 0.717) is 25.4 Å². The molecule has 1 unspecified atom stereocenters. The first-order valence-electron chi connectivity index (χ1n) is 7.50. The molecule has 0 aliphatic carbocycles. The molecule has 1 heterocycles. The fraction of sp³-hybridized carbons (Fsp3) is 0.533. The highest BCUT2D eigenvalue weighted by Crippen LogP contribution is 2.26. The second-order valence-corrected chi connectivity index (χ2v) is 7.35. The number of carboxylic acids is 1. The molecule has 2 rings (SSSR count). The van der Waals surface area contributed by atoms with Crippen molar-refractivity contribution < 1.29 is 23.1 Å². The van der Waals surface area contributed by atoms with Crippen molar-refractivity contribution in [3.8, 4) is 0 Å². The van der Waals surface area contributed by atoms with Crippen molar-refractivity contribution in [1.82, 2.24) is 4.31 Å². The molecule has 1 aromatic carbocycles. The number of hydrogen-bond donors (Lipinski definition) is 1. The van der Waals surface area contributed by atoms with E-state index in [1.54, 1.807) is 14.0 Å². The van der Waals surface area contributed by atoms with Crippen LogP contribution in [0.4, 0.5) is 5.69 Å². The number of anilines is 1. The number of carbonyl (C=O) groups is 1. The number of benzene rings is 1. The Morgan fingerprint density at radius 1 is 1.39 bits per heavy atom. The minimum atomic E-state index is -3.62. The molecule has 0 amide bonds. The van der Waals surface area contributed by atoms with Crippen LogP contribution >= 0.6 is 0 Å². The van der Waals surface area contributed by atoms with Gasteiger partial charge in [-0.05, 0) is 43.5 Å². The molecule has 128 valence electrons. The third kappa shape index (κ3) is 3.82. The Hall–Kier alpha value is -1.64. The molecule has 1 saturated heterocycles. The summed E-state index contributed by atoms with van der Waals surface area (Å²) in [4.78, 5) is 10.9. The largest absolute Gasteiger partial charge is 0.478 e. The van der Waals surface area contributed by atoms with Gasteiger partial charge >= 0.3 is 16.2 Å². The van der Waals surface area contributed by atoms with Gasteiger partial charge in [0.25, 0.3) is 0 Å². The van der Waals surface area contributed by atoms with Crippen molar-refractivity contribution in [2.45, 2.75) is 13.3 Å². The van der Waals surface area contributed by atoms with E-state index in [2.05, 4.69) is 0 Å². The zero-order chi connectivity index (χ0) is 17.0. The molecule has 7 nitrogen and oxygen atoms in total. The fourth-order valence-corrected chi connectivity index (χ4v) is 4.50. The third-order valence-electron chi connectivity index (χ3n) is 3.95. The zero-order valence-corrected chi connectivity index (χ0v) is 14.1. The summed E-state index contributed by atoms with van der Waals surface area (Å²) in [6, 6.07) is 5.86. The molecule has 1 atom stereocenters. The standard InChI is InChI=1S/C15H22N2O5S/c1-3-17(14-6-4-13(5-7-14)15(18)19)23(20,21)16-9-8-12(10-16)11-22-2/h4-7,12H,3,8-11H2,1-2H3,(H,18,19). The lowest BCUT2D eigenvalue weighted by atomic mass is 10.1. The molecule has 0 spiro atoms. The number of methoxy groups -OCH3 is 1. The highest BCUT2D eigenvalue weighted by molar-refractivity contribution is 7.90. The molecule has 1 N–H and O–H groups in total. The molecule has 0 radical (unpaired) electrons. The molecule has 1 aliphatic heterocycles. The Kier molecular flexibility index (Phi) is 5.61. The van der Waals surface area contributed by atoms with Crippen LogP contribution in [0.2, 0.25) is 0 Å². The van der Waals surface area contributed by atoms with Gasteiger partial charge in [0.05, 0.1) is 17.9 Å². The molecule has 1 fully saturated rings. The molecule has 23 heavy (non-hydrogen) atoms. The van der Waals surface area contributed by atoms with Crippen LogP contribution in [0.25, 0.3) is 0 Å². The highest BCUT2D eigenvalue weighted by Gasteiger charge is 2.35. The lowest BCUT2D eigenvalue weighted by molar-refractivity contribution is 0.0697. The van der Waals surface area contributed by atoms with Crippen molar-refractivity contribution in [3.63, 3.8) is 0 Å². The van der Waals surface area contributed by atoms with Gasteiger partial charge < -0.3 is 9.84 Å². The molecule has 0 bridgehead atoms. The Labute approximate surface area is 136 Å². The molecule has 1 aromatic rings. The van der Waals surface area contributed by atoms with E-state index in [9.17, 15) is 13.2 Å². The lowest BCUT2D eigenvalue weighted by Gasteiger charge is -2.28. The van der Waals surface area contributed by atoms with E-state index in [1.165, 1.54) is 32.9 Å². The summed E-state index contributed by atoms with van der Waals surface area (Å²) in [6.45, 7) is 3.50. The van der Waals surface area contributed by atoms with E-state index in [-0.39, 0.29) is 18.0 Å². The van der Waals surface area contributed by atoms with Crippen LogP contribution in [0.15, 0.2) is 24.3 Å². The minimum absolute atomic E-state index is 0.128. The molecular formula is C15H22N2O5S. The summed E-state index contributed by atoms with van der Waals surface area (Å²) in [7, 11) is -2.01. The predicted molar refractivity (Wildman–Crippen MR) is 86.9 cm³/mol. The van der Waals surface area contributed by atoms with Crippen LogP contribution in [0.5, 0.6) is 0 Å². The van der Waals surface area contributed by atoms with Gasteiger partial charge in [-0.25, -0.2) is 4.79 Å². The second kappa shape index (κ2) is 7.29. The van der Waals surface area contributed by atoms with Gasteiger partial charge in [-0.3, -0.25) is 4.31 Å². The maximum absolute atomic E-state index is 12.8. The van der Waals surface area contributed by atoms with Gasteiger partial charge in [0.2, 0.25) is 0 Å². The van der Waals surface area contributed by atoms with Crippen molar-refractivity contribution >= 4 is 21.9 Å². The Bertz CT molecular complexity index is 644. The number of aromatic carboxylic acids is 1. The monoisotopic (exact) mass is 342 g/mol. The van der Waals surface area contributed by atoms with E-state index in [4.69, 9.17) is 9.84 Å². The summed E-state index contributed by atoms with van der Waals surface area (Å²) in [5.41, 5.74) is 0.594. The number of nitrogens with zero attached hydrogens (tertiary/aromatic N) is 2. The summed E-state index contributed by atoms with van der Waals surface area (Å²) in [5, 5.41) is 8.93. The van der Waals surface area contributed by atoms with E-state index in [1.807, 2.05) is 0 Å². The maximum Gasteiger partial charge on any atom is 0.335 e. The van der Waals surface area contributed by atoms with Crippen LogP contribution < -0.4 is 4.31 Å². The quantitative estimate of drug-likeness (QED) is 0.810. The van der Waals surface area contributed by atoms with Crippen molar-refractivity contribution in [3.05, 3.63) is 29.8 Å². The molecule has 0 aromatic heterocycles. The summed E-state index contributed by atoms with van der Waals surface area (Å²) in [6.07, 6.45) is 0.780. The van der Waals surface area contributed by atoms with Gasteiger partial charge in [-0.2, -0.15) is 12.7 Å². The summed E-state index contributed by atoms with van der Waals surface area (Å²) < 4.78 is 33.5. The van der Waals surface area contributed by atoms with Crippen molar-refractivity contribution in [2.24, 2.45) is 5.92 Å². The molecule has 1 aliphatic rings. The van der Waals surface area contributed by atoms with Crippen molar-refractivity contribution in [1.29, 1.82) is 0 Å². The number of rotatable bonds is 7. The van der Waals surface area contributed by atoms with Crippen molar-refractivity contribution in [2.75, 3.05) is 37.7 Å². The number of hydrogen-bond acceptors (Lipinski definition) is 4. The summed E-state index contributed by atoms with van der Waals surface area (Å²) >= 11 is 0. The van der Waals surface area contributed by atoms with Gasteiger partial charge in [-0.1, -0.05) is 0 Å². The Morgan fingerprint density at radius 3 is 2.57 bits per heavy atom. The van der Waals surface area contributed by atoms with Crippen LogP contribution in [-0.2, 0) is 14.9 Å². The third-order valence-corrected chi connectivity index (χ3v) is 5.96. The first-order chi connectivity index (χ1) is 10.9. The van der Waals surface area contributed by atoms with Crippen LogP contribution in [0, 0.1) is 5.92 Å². The molecular weight excluding hydrogens is 320 g/mol. The normalized spacial score (nSPS) is 19.0. The van der Waals surface area contributed by atoms with Crippen LogP contribution in [-0.4, -0.2) is 57.1 Å². The lowest BCUT2D eigenvalue weighted by Crippen LogP contribution is -2.43. The van der Waals surface area contributed by atoms with Gasteiger partial charge in [-0.15, -0.1) is 0 Å². The first-order valence-corrected chi connectivity index (χ1v) is 8.90.